The first-order valence-corrected chi connectivity index (χ1v) is 55.5. The van der Waals surface area contributed by atoms with Crippen LogP contribution in [0.3, 0.4) is 0 Å². The lowest BCUT2D eigenvalue weighted by Crippen LogP contribution is -2.35. The molecule has 0 radical (unpaired) electrons. The summed E-state index contributed by atoms with van der Waals surface area (Å²) in [6.45, 7) is 37.7. The Morgan fingerprint density at radius 1 is 0.239 bits per heavy atom. The van der Waals surface area contributed by atoms with Gasteiger partial charge in [-0.05, 0) is 411 Å². The van der Waals surface area contributed by atoms with E-state index in [0.717, 1.165) is 17.8 Å². The molecule has 9 aromatic carbocycles. The van der Waals surface area contributed by atoms with E-state index < -0.39 is 0 Å². The molecule has 724 valence electrons. The molecule has 0 saturated heterocycles. The summed E-state index contributed by atoms with van der Waals surface area (Å²) in [6.07, 6.45) is 49.1. The molecular weight excluding hydrogens is 1670 g/mol. The second kappa shape index (κ2) is 42.0. The zero-order valence-corrected chi connectivity index (χ0v) is 89.3. The molecule has 4 heterocycles. The number of hydrogen-bond donors (Lipinski definition) is 0. The van der Waals surface area contributed by atoms with Crippen molar-refractivity contribution in [3.63, 3.8) is 0 Å². The Kier molecular flexibility index (Phi) is 29.7. The van der Waals surface area contributed by atoms with Crippen molar-refractivity contribution in [3.05, 3.63) is 284 Å². The van der Waals surface area contributed by atoms with Crippen molar-refractivity contribution >= 4 is 43.1 Å². The van der Waals surface area contributed by atoms with Crippen molar-refractivity contribution in [3.8, 4) is 56.2 Å². The van der Waals surface area contributed by atoms with Gasteiger partial charge in [-0.2, -0.15) is 13.7 Å². The lowest BCUT2D eigenvalue weighted by Gasteiger charge is -2.34. The Hall–Kier alpha value is -9.38. The second-order valence-electron chi connectivity index (χ2n) is 49.0. The monoisotopic (exact) mass is 1840 g/mol. The van der Waals surface area contributed by atoms with Crippen LogP contribution in [0.15, 0.2) is 194 Å². The molecule has 8 aliphatic carbocycles. The highest BCUT2D eigenvalue weighted by atomic mass is 15.0. The van der Waals surface area contributed by atoms with Crippen LogP contribution in [0.25, 0.3) is 99.2 Å². The van der Waals surface area contributed by atoms with Gasteiger partial charge in [-0.1, -0.05) is 248 Å². The Labute approximate surface area is 836 Å². The van der Waals surface area contributed by atoms with Gasteiger partial charge in [0, 0.05) is 50.6 Å². The van der Waals surface area contributed by atoms with Crippen LogP contribution in [-0.4, -0.2) is 0 Å². The van der Waals surface area contributed by atoms with Crippen molar-refractivity contribution < 1.29 is 19.6 Å². The highest BCUT2D eigenvalue weighted by molar-refractivity contribution is 5.98. The van der Waals surface area contributed by atoms with Gasteiger partial charge < -0.3 is 0 Å². The Morgan fingerprint density at radius 2 is 0.543 bits per heavy atom. The van der Waals surface area contributed by atoms with E-state index in [9.17, 15) is 0 Å². The maximum Gasteiger partial charge on any atom is 0.220 e. The molecular formula is C134H172N4+4. The van der Waals surface area contributed by atoms with Crippen LogP contribution in [0.2, 0.25) is 0 Å². The van der Waals surface area contributed by atoms with Gasteiger partial charge in [-0.25, -0.2) is 4.57 Å². The summed E-state index contributed by atoms with van der Waals surface area (Å²) in [5.41, 5.74) is 38.8. The molecule has 138 heavy (non-hydrogen) atoms. The molecule has 0 atom stereocenters. The van der Waals surface area contributed by atoms with Crippen LogP contribution in [0.1, 0.15) is 425 Å². The molecule has 4 nitrogen and oxygen atoms in total. The molecule has 8 fully saturated rings. The molecule has 8 aliphatic rings. The average molecular weight is 1840 g/mol. The van der Waals surface area contributed by atoms with Gasteiger partial charge in [0.2, 0.25) is 22.8 Å². The molecule has 0 spiro atoms. The average Bonchev–Trinajstić information content (AvgIpc) is 0.756. The highest BCUT2D eigenvalue weighted by Gasteiger charge is 2.37. The molecule has 0 amide bonds. The van der Waals surface area contributed by atoms with Crippen LogP contribution in [0.4, 0.5) is 0 Å². The Morgan fingerprint density at radius 3 is 0.942 bits per heavy atom. The summed E-state index contributed by atoms with van der Waals surface area (Å²) in [5.74, 6) is 5.64. The Bertz CT molecular complexity index is 6580. The molecule has 8 saturated carbocycles. The number of aromatic nitrogens is 4. The van der Waals surface area contributed by atoms with Gasteiger partial charge >= 0.3 is 0 Å². The predicted molar refractivity (Wildman–Crippen MR) is 589 cm³/mol. The van der Waals surface area contributed by atoms with Crippen molar-refractivity contribution in [1.82, 2.24) is 0 Å². The number of fused-ring (bicyclic) bond motifs is 4. The highest BCUT2D eigenvalue weighted by Crippen LogP contribution is 2.52. The molecule has 0 unspecified atom stereocenters. The van der Waals surface area contributed by atoms with E-state index in [4.69, 9.17) is 1.37 Å². The van der Waals surface area contributed by atoms with Crippen molar-refractivity contribution in [2.75, 3.05) is 0 Å². The third kappa shape index (κ3) is 22.0. The van der Waals surface area contributed by atoms with Gasteiger partial charge in [0.05, 0.1) is 38.2 Å². The first-order valence-electron chi connectivity index (χ1n) is 56.0. The van der Waals surface area contributed by atoms with E-state index in [1.54, 1.807) is 33.4 Å². The first kappa shape index (κ1) is 97.4. The van der Waals surface area contributed by atoms with Gasteiger partial charge in [-0.3, -0.25) is 0 Å². The molecule has 21 rings (SSSR count). The lowest BCUT2D eigenvalue weighted by molar-refractivity contribution is -0.665. The van der Waals surface area contributed by atoms with Crippen LogP contribution >= 0.6 is 0 Å². The van der Waals surface area contributed by atoms with Crippen molar-refractivity contribution in [2.45, 2.75) is 389 Å². The quantitative estimate of drug-likeness (QED) is 0.102. The van der Waals surface area contributed by atoms with Gasteiger partial charge in [0.25, 0.3) is 0 Å². The van der Waals surface area contributed by atoms with Crippen LogP contribution < -0.4 is 18.3 Å². The smallest absolute Gasteiger partial charge is 0.200 e. The van der Waals surface area contributed by atoms with E-state index in [1.165, 1.54) is 386 Å². The van der Waals surface area contributed by atoms with E-state index in [-0.39, 0.29) is 0 Å². The van der Waals surface area contributed by atoms with E-state index >= 15 is 0 Å². The minimum atomic E-state index is 0.486. The molecule has 13 aromatic rings. The number of rotatable bonds is 13. The van der Waals surface area contributed by atoms with Gasteiger partial charge in [-0.15, -0.1) is 0 Å². The van der Waals surface area contributed by atoms with E-state index in [0.29, 0.717) is 57.4 Å². The fourth-order valence-electron chi connectivity index (χ4n) is 27.0. The fraction of sp³-hybridized carbons (Fsp3) is 0.507. The molecule has 0 aliphatic heterocycles. The predicted octanol–water partition coefficient (Wildman–Crippen LogP) is 36.4. The minimum absolute atomic E-state index is 0.486. The third-order valence-electron chi connectivity index (χ3n) is 37.1. The Balaban J connectivity index is 0.000000123. The molecule has 4 heteroatoms. The minimum Gasteiger partial charge on any atom is -0.200 e. The number of pyridine rings is 4. The van der Waals surface area contributed by atoms with Crippen LogP contribution in [0, 0.1) is 77.0 Å². The number of hydrogen-bond acceptors (Lipinski definition) is 0. The maximum atomic E-state index is 8.99. The summed E-state index contributed by atoms with van der Waals surface area (Å²) < 4.78 is 18.4. The summed E-state index contributed by atoms with van der Waals surface area (Å²) in [4.78, 5) is 0. The van der Waals surface area contributed by atoms with Crippen molar-refractivity contribution in [1.29, 1.82) is 0 Å². The third-order valence-corrected chi connectivity index (χ3v) is 37.1. The molecule has 4 aromatic heterocycles. The standard InChI is InChI=1S/C37H50N.C33H44N.C32H42N.C32H36N/c1-26-34(29-13-9-6-10-14-29)24-32(27-11-7-5-8-12-27)25-35(26)36-33-16-15-30(23-31(33)19-22-38(36)4)28-17-20-37(2,3)21-18-28;1-22-18-28(25-10-8-7-9-11-25)21-31(24(22)3)32-30-13-12-27(20-29(30)19-23(2)34(32)6)26-14-16-33(4,5)17-15-26;2*1-22-11-12-27(24-9-7-6-8-10-24)21-30(22)31-29-14-13-26(20-28(29)19-23(2)33(31)5)25-15-17-32(3,4)18-16-25/h15-16,19,22-25,27-29H,5-14,17-18,20-21H2,1-4H3;12-13,18-21,25-26H,7-11,14-17H2,1-6H3;11-14,19-21,24-25H,6-10,15-18H2,1-5H3;6-14,19-21,25H,15-18H2,1-5H3/q4*+1/i22D;;;. The zero-order chi connectivity index (χ0) is 97.5. The maximum absolute atomic E-state index is 8.99. The van der Waals surface area contributed by atoms with E-state index in [1.807, 2.05) is 0 Å². The number of nitrogens with zero attached hydrogens (tertiary/aromatic N) is 4. The van der Waals surface area contributed by atoms with Crippen LogP contribution in [0.5, 0.6) is 0 Å². The fourth-order valence-corrected chi connectivity index (χ4v) is 27.0. The second-order valence-corrected chi connectivity index (χ2v) is 49.0. The lowest BCUT2D eigenvalue weighted by atomic mass is 9.71. The summed E-state index contributed by atoms with van der Waals surface area (Å²) in [7, 11) is 8.81. The molecule has 0 N–H and O–H groups in total. The first-order chi connectivity index (χ1) is 66.7. The van der Waals surface area contributed by atoms with E-state index in [2.05, 4.69) is 345 Å². The normalized spacial score (nSPS) is 19.5. The molecule has 0 bridgehead atoms. The van der Waals surface area contributed by atoms with Gasteiger partial charge in [0.1, 0.15) is 29.6 Å². The number of aryl methyl sites for hydroxylation is 6. The summed E-state index contributed by atoms with van der Waals surface area (Å²) in [5, 5.41) is 10.9. The number of benzene rings is 9. The largest absolute Gasteiger partial charge is 0.220 e. The zero-order valence-electron chi connectivity index (χ0n) is 90.3. The van der Waals surface area contributed by atoms with Crippen molar-refractivity contribution in [2.24, 2.45) is 49.9 Å². The topological polar surface area (TPSA) is 15.5 Å². The summed E-state index contributed by atoms with van der Waals surface area (Å²) in [6, 6.07) is 73.6. The van der Waals surface area contributed by atoms with Gasteiger partial charge in [0.15, 0.2) is 23.3 Å². The van der Waals surface area contributed by atoms with Crippen LogP contribution in [-0.2, 0) is 28.2 Å². The SMILES string of the molecule is Cc1cc(C2CCCCC2)cc(-c2c3ccc(C4CCC(C)(C)CC4)cc3cc(C)[n+]2C)c1C.Cc1ccc(-c2ccccc2)cc1-c1c2ccc(C3CCC(C)(C)CC3)cc2cc(C)[n+]1C.Cc1ccc(C2CCCCC2)cc1-c1c2ccc(C3CCC(C)(C)CC3)cc2cc(C)[n+]1C.[2H]c1cc2cc(C3CCC(C)(C)CC3)ccc2c(-c2cc(C3CCCCC3)cc(C3CCCCC3)c2C)[n+]1C. The summed E-state index contributed by atoms with van der Waals surface area (Å²) >= 11 is 0.